The van der Waals surface area contributed by atoms with Crippen LogP contribution >= 0.6 is 0 Å². The van der Waals surface area contributed by atoms with Crippen LogP contribution in [0.25, 0.3) is 11.0 Å². The lowest BCUT2D eigenvalue weighted by Gasteiger charge is -2.27. The number of aryl methyl sites for hydroxylation is 2. The summed E-state index contributed by atoms with van der Waals surface area (Å²) in [4.78, 5) is 19.6. The lowest BCUT2D eigenvalue weighted by atomic mass is 10.1. The summed E-state index contributed by atoms with van der Waals surface area (Å²) in [6, 6.07) is 5.54. The average Bonchev–Trinajstić information content (AvgIpc) is 3.26. The fraction of sp³-hybridized carbons (Fsp3) is 0.421. The quantitative estimate of drug-likeness (QED) is 0.757. The second-order valence-corrected chi connectivity index (χ2v) is 6.92. The van der Waals surface area contributed by atoms with Gasteiger partial charge in [-0.25, -0.2) is 4.98 Å². The average molecular weight is 368 g/mol. The van der Waals surface area contributed by atoms with E-state index in [1.165, 1.54) is 0 Å². The highest BCUT2D eigenvalue weighted by Gasteiger charge is 2.19. The number of hydrogen-bond donors (Lipinski definition) is 1. The van der Waals surface area contributed by atoms with Crippen LogP contribution in [0.4, 0.5) is 5.95 Å². The van der Waals surface area contributed by atoms with Crippen LogP contribution in [0.2, 0.25) is 0 Å². The van der Waals surface area contributed by atoms with E-state index < -0.39 is 0 Å². The van der Waals surface area contributed by atoms with Gasteiger partial charge in [0.25, 0.3) is 5.91 Å². The first-order valence-electron chi connectivity index (χ1n) is 9.11. The molecular formula is C19H24N6O2. The molecular weight excluding hydrogens is 344 g/mol. The molecule has 1 N–H and O–H groups in total. The smallest absolute Gasteiger partial charge is 0.251 e. The highest BCUT2D eigenvalue weighted by Crippen LogP contribution is 2.23. The number of fused-ring (bicyclic) bond motifs is 1. The van der Waals surface area contributed by atoms with Crippen molar-refractivity contribution < 1.29 is 9.53 Å². The second kappa shape index (κ2) is 7.03. The number of carbonyl (C=O) groups is 1. The zero-order valence-electron chi connectivity index (χ0n) is 15.8. The predicted molar refractivity (Wildman–Crippen MR) is 103 cm³/mol. The molecule has 3 heterocycles. The molecule has 1 fully saturated rings. The fourth-order valence-corrected chi connectivity index (χ4v) is 3.40. The summed E-state index contributed by atoms with van der Waals surface area (Å²) in [5.74, 6) is 0.793. The number of nitrogens with one attached hydrogen (secondary N) is 1. The Hall–Kier alpha value is -2.87. The SMILES string of the molecule is C[C@H](NC(=O)c1ccc2c(c1)nc(N1CCOCC1)n2C)c1cnn(C)c1. The van der Waals surface area contributed by atoms with Gasteiger partial charge < -0.3 is 19.5 Å². The number of benzene rings is 1. The van der Waals surface area contributed by atoms with E-state index in [0.29, 0.717) is 18.8 Å². The van der Waals surface area contributed by atoms with Gasteiger partial charge in [0.1, 0.15) is 0 Å². The topological polar surface area (TPSA) is 77.2 Å². The molecule has 0 saturated carbocycles. The summed E-state index contributed by atoms with van der Waals surface area (Å²) in [7, 11) is 3.86. The Morgan fingerprint density at radius 1 is 1.26 bits per heavy atom. The van der Waals surface area contributed by atoms with E-state index in [9.17, 15) is 4.79 Å². The summed E-state index contributed by atoms with van der Waals surface area (Å²) < 4.78 is 9.22. The van der Waals surface area contributed by atoms with Gasteiger partial charge in [0, 0.05) is 44.5 Å². The van der Waals surface area contributed by atoms with Crippen LogP contribution in [0, 0.1) is 0 Å². The monoisotopic (exact) mass is 368 g/mol. The highest BCUT2D eigenvalue weighted by atomic mass is 16.5. The van der Waals surface area contributed by atoms with Crippen molar-refractivity contribution in [1.82, 2.24) is 24.6 Å². The minimum absolute atomic E-state index is 0.116. The number of aromatic nitrogens is 4. The maximum Gasteiger partial charge on any atom is 0.251 e. The molecule has 8 nitrogen and oxygen atoms in total. The van der Waals surface area contributed by atoms with Crippen molar-refractivity contribution in [2.45, 2.75) is 13.0 Å². The fourth-order valence-electron chi connectivity index (χ4n) is 3.40. The van der Waals surface area contributed by atoms with Crippen molar-refractivity contribution in [2.24, 2.45) is 14.1 Å². The summed E-state index contributed by atoms with van der Waals surface area (Å²) in [6.45, 7) is 5.02. The normalized spacial score (nSPS) is 15.9. The third-order valence-electron chi connectivity index (χ3n) is 4.99. The van der Waals surface area contributed by atoms with Crippen LogP contribution in [0.15, 0.2) is 30.6 Å². The molecule has 1 atom stereocenters. The van der Waals surface area contributed by atoms with E-state index in [4.69, 9.17) is 9.72 Å². The molecule has 0 aliphatic carbocycles. The molecule has 1 aliphatic rings. The van der Waals surface area contributed by atoms with E-state index in [1.807, 2.05) is 45.4 Å². The zero-order valence-corrected chi connectivity index (χ0v) is 15.8. The molecule has 2 aromatic heterocycles. The van der Waals surface area contributed by atoms with Gasteiger partial charge in [-0.15, -0.1) is 0 Å². The summed E-state index contributed by atoms with van der Waals surface area (Å²) in [5, 5.41) is 7.18. The Morgan fingerprint density at radius 2 is 2.04 bits per heavy atom. The lowest BCUT2D eigenvalue weighted by Crippen LogP contribution is -2.37. The number of ether oxygens (including phenoxy) is 1. The van der Waals surface area contributed by atoms with Crippen LogP contribution in [-0.4, -0.2) is 51.5 Å². The number of amides is 1. The molecule has 0 spiro atoms. The Morgan fingerprint density at radius 3 is 2.74 bits per heavy atom. The molecule has 1 aliphatic heterocycles. The van der Waals surface area contributed by atoms with Crippen LogP contribution in [0.3, 0.4) is 0 Å². The first-order valence-corrected chi connectivity index (χ1v) is 9.11. The molecule has 1 amide bonds. The van der Waals surface area contributed by atoms with Crippen LogP contribution in [-0.2, 0) is 18.8 Å². The maximum atomic E-state index is 12.7. The number of anilines is 1. The van der Waals surface area contributed by atoms with E-state index in [2.05, 4.69) is 19.9 Å². The van der Waals surface area contributed by atoms with E-state index >= 15 is 0 Å². The van der Waals surface area contributed by atoms with Crippen molar-refractivity contribution in [2.75, 3.05) is 31.2 Å². The molecule has 27 heavy (non-hydrogen) atoms. The molecule has 1 aromatic carbocycles. The summed E-state index contributed by atoms with van der Waals surface area (Å²) in [6.07, 6.45) is 3.67. The molecule has 8 heteroatoms. The number of carbonyl (C=O) groups excluding carboxylic acids is 1. The number of morpholine rings is 1. The second-order valence-electron chi connectivity index (χ2n) is 6.92. The van der Waals surface area contributed by atoms with Gasteiger partial charge in [0.05, 0.1) is 36.5 Å². The standard InChI is InChI=1S/C19H24N6O2/c1-13(15-11-20-23(2)12-15)21-18(26)14-4-5-17-16(10-14)22-19(24(17)3)25-6-8-27-9-7-25/h4-5,10-13H,6-9H2,1-3H3,(H,21,26)/t13-/m0/s1. The van der Waals surface area contributed by atoms with Gasteiger partial charge in [-0.1, -0.05) is 0 Å². The van der Waals surface area contributed by atoms with E-state index in [1.54, 1.807) is 10.9 Å². The Bertz CT molecular complexity index is 970. The molecule has 0 radical (unpaired) electrons. The predicted octanol–water partition coefficient (Wildman–Crippen LogP) is 1.63. The molecule has 3 aromatic rings. The van der Waals surface area contributed by atoms with Gasteiger partial charge in [0.2, 0.25) is 5.95 Å². The van der Waals surface area contributed by atoms with Crippen LogP contribution < -0.4 is 10.2 Å². The lowest BCUT2D eigenvalue weighted by molar-refractivity contribution is 0.0940. The molecule has 0 bridgehead atoms. The number of hydrogen-bond acceptors (Lipinski definition) is 5. The van der Waals surface area contributed by atoms with Gasteiger partial charge >= 0.3 is 0 Å². The summed E-state index contributed by atoms with van der Waals surface area (Å²) in [5.41, 5.74) is 3.40. The highest BCUT2D eigenvalue weighted by molar-refractivity contribution is 5.98. The maximum absolute atomic E-state index is 12.7. The Balaban J connectivity index is 1.56. The molecule has 0 unspecified atom stereocenters. The van der Waals surface area contributed by atoms with Gasteiger partial charge in [-0.05, 0) is 25.1 Å². The minimum atomic E-state index is -0.119. The number of nitrogens with zero attached hydrogens (tertiary/aromatic N) is 5. The van der Waals surface area contributed by atoms with Gasteiger partial charge in [0.15, 0.2) is 0 Å². The summed E-state index contributed by atoms with van der Waals surface area (Å²) >= 11 is 0. The van der Waals surface area contributed by atoms with Crippen molar-refractivity contribution in [3.63, 3.8) is 0 Å². The van der Waals surface area contributed by atoms with E-state index in [-0.39, 0.29) is 11.9 Å². The Kier molecular flexibility index (Phi) is 4.57. The van der Waals surface area contributed by atoms with Gasteiger partial charge in [-0.3, -0.25) is 9.48 Å². The zero-order chi connectivity index (χ0) is 19.0. The van der Waals surface area contributed by atoms with Crippen LogP contribution in [0.1, 0.15) is 28.9 Å². The van der Waals surface area contributed by atoms with Crippen molar-refractivity contribution in [3.8, 4) is 0 Å². The van der Waals surface area contributed by atoms with E-state index in [0.717, 1.165) is 35.6 Å². The largest absolute Gasteiger partial charge is 0.378 e. The van der Waals surface area contributed by atoms with Gasteiger partial charge in [-0.2, -0.15) is 5.10 Å². The number of imidazole rings is 1. The Labute approximate surface area is 157 Å². The van der Waals surface area contributed by atoms with Crippen molar-refractivity contribution in [1.29, 1.82) is 0 Å². The first kappa shape index (κ1) is 17.5. The van der Waals surface area contributed by atoms with Crippen LogP contribution in [0.5, 0.6) is 0 Å². The molecule has 4 rings (SSSR count). The number of rotatable bonds is 4. The molecule has 142 valence electrons. The van der Waals surface area contributed by atoms with Crippen molar-refractivity contribution >= 4 is 22.9 Å². The third kappa shape index (κ3) is 3.40. The molecule has 1 saturated heterocycles. The van der Waals surface area contributed by atoms with Crippen molar-refractivity contribution in [3.05, 3.63) is 41.7 Å². The minimum Gasteiger partial charge on any atom is -0.378 e. The first-order chi connectivity index (χ1) is 13.0. The third-order valence-corrected chi connectivity index (χ3v) is 4.99.